The number of nitrogens with two attached hydrogens (primary N) is 1. The van der Waals surface area contributed by atoms with Gasteiger partial charge in [-0.15, -0.1) is 0 Å². The molecule has 0 unspecified atom stereocenters. The number of phenolic OH excluding ortho intramolecular Hbond substituents is 2. The summed E-state index contributed by atoms with van der Waals surface area (Å²) in [5.74, 6) is -5.81. The van der Waals surface area contributed by atoms with E-state index in [-0.39, 0.29) is 43.7 Å². The van der Waals surface area contributed by atoms with Crippen LogP contribution in [0.2, 0.25) is 0 Å². The maximum Gasteiger partial charge on any atom is 0.326 e. The first kappa shape index (κ1) is 47.0. The second-order valence-electron chi connectivity index (χ2n) is 14.5. The number of aliphatic hydroxyl groups is 1. The number of carboxylic acids is 1. The van der Waals surface area contributed by atoms with Crippen molar-refractivity contribution in [2.75, 3.05) is 25.2 Å². The number of hydrogen-bond acceptors (Lipinski definition) is 12. The highest BCUT2D eigenvalue weighted by Gasteiger charge is 2.40. The minimum atomic E-state index is -1.51. The van der Waals surface area contributed by atoms with Gasteiger partial charge in [0.15, 0.2) is 0 Å². The zero-order valence-corrected chi connectivity index (χ0v) is 33.8. The van der Waals surface area contributed by atoms with Crippen LogP contribution in [0.3, 0.4) is 0 Å². The molecule has 6 amide bonds. The van der Waals surface area contributed by atoms with E-state index in [1.165, 1.54) is 47.9 Å². The van der Waals surface area contributed by atoms with Gasteiger partial charge in [0.2, 0.25) is 35.4 Å². The lowest BCUT2D eigenvalue weighted by molar-refractivity contribution is -0.144. The summed E-state index contributed by atoms with van der Waals surface area (Å²) in [4.78, 5) is 94.2. The SMILES string of the molecule is CSCC[C@H](NC(=O)[C@H](CO)NC(=O)[C@@H]1CCCN1C(=O)[C@H](Cc1ccc(O)cc1)NC(=O)[C@@H](NC(=O)[C@H](Cc1ccc(O)cc1)NC(=O)[C@H](C)N)C(C)C)C(=O)O. The molecule has 1 saturated heterocycles. The molecule has 0 radical (unpaired) electrons. The predicted octanol–water partition coefficient (Wildman–Crippen LogP) is -0.869. The van der Waals surface area contributed by atoms with Gasteiger partial charge in [-0.3, -0.25) is 28.8 Å². The van der Waals surface area contributed by atoms with E-state index in [0.29, 0.717) is 23.3 Å². The van der Waals surface area contributed by atoms with Crippen molar-refractivity contribution < 1.29 is 54.0 Å². The summed E-state index contributed by atoms with van der Waals surface area (Å²) in [5, 5.41) is 51.9. The van der Waals surface area contributed by atoms with E-state index in [4.69, 9.17) is 5.73 Å². The van der Waals surface area contributed by atoms with Crippen molar-refractivity contribution in [1.29, 1.82) is 0 Å². The maximum absolute atomic E-state index is 14.3. The lowest BCUT2D eigenvalue weighted by Gasteiger charge is -2.31. The van der Waals surface area contributed by atoms with Crippen molar-refractivity contribution in [2.45, 2.75) is 95.2 Å². The quantitative estimate of drug-likeness (QED) is 0.0734. The molecular formula is C39H55N7O11S. The van der Waals surface area contributed by atoms with Crippen LogP contribution in [0.25, 0.3) is 0 Å². The molecule has 2 aromatic carbocycles. The third kappa shape index (κ3) is 13.9. The number of carbonyl (C=O) groups is 7. The van der Waals surface area contributed by atoms with Gasteiger partial charge in [0.25, 0.3) is 0 Å². The van der Waals surface area contributed by atoms with Gasteiger partial charge in [-0.2, -0.15) is 11.8 Å². The number of benzene rings is 2. The summed E-state index contributed by atoms with van der Waals surface area (Å²) in [6, 6.07) is 3.41. The van der Waals surface area contributed by atoms with Crippen LogP contribution in [0.1, 0.15) is 51.2 Å². The van der Waals surface area contributed by atoms with E-state index in [0.717, 1.165) is 0 Å². The molecule has 1 fully saturated rings. The standard InChI is InChI=1S/C39H55N7O11S/c1-21(2)32(45-34(51)28(42-33(50)22(3)40)18-23-7-11-25(48)12-8-23)37(54)43-29(19-24-9-13-26(49)14-10-24)38(55)46-16-5-6-31(46)36(53)44-30(20-47)35(52)41-27(39(56)57)15-17-58-4/h7-14,21-22,27-32,47-49H,5-6,15-20,40H2,1-4H3,(H,41,52)(H,42,50)(H,43,54)(H,44,53)(H,45,51)(H,56,57)/t22-,27-,28-,29-,30-,31-,32-/m0/s1. The molecule has 0 aliphatic carbocycles. The van der Waals surface area contributed by atoms with Crippen LogP contribution in [0.4, 0.5) is 0 Å². The first-order chi connectivity index (χ1) is 27.4. The number of rotatable bonds is 21. The molecule has 1 aliphatic rings. The van der Waals surface area contributed by atoms with Crippen LogP contribution in [0.15, 0.2) is 48.5 Å². The molecular weight excluding hydrogens is 775 g/mol. The molecule has 0 spiro atoms. The van der Waals surface area contributed by atoms with Gasteiger partial charge in [0.1, 0.15) is 47.8 Å². The molecule has 18 nitrogen and oxygen atoms in total. The van der Waals surface area contributed by atoms with E-state index in [9.17, 15) is 54.0 Å². The third-order valence-corrected chi connectivity index (χ3v) is 10.2. The minimum Gasteiger partial charge on any atom is -0.508 e. The molecule has 0 saturated carbocycles. The predicted molar refractivity (Wildman–Crippen MR) is 214 cm³/mol. The topological polar surface area (TPSA) is 290 Å². The molecule has 1 aliphatic heterocycles. The number of carbonyl (C=O) groups excluding carboxylic acids is 6. The average molecular weight is 830 g/mol. The molecule has 1 heterocycles. The number of aliphatic hydroxyl groups excluding tert-OH is 1. The lowest BCUT2D eigenvalue weighted by atomic mass is 9.99. The normalized spacial score (nSPS) is 16.9. The molecule has 11 N–H and O–H groups in total. The van der Waals surface area contributed by atoms with Crippen molar-refractivity contribution in [3.63, 3.8) is 0 Å². The first-order valence-corrected chi connectivity index (χ1v) is 20.3. The Labute approximate surface area is 341 Å². The maximum atomic E-state index is 14.3. The molecule has 318 valence electrons. The molecule has 0 aromatic heterocycles. The van der Waals surface area contributed by atoms with Crippen LogP contribution in [0, 0.1) is 5.92 Å². The van der Waals surface area contributed by atoms with Crippen LogP contribution in [-0.2, 0) is 46.4 Å². The summed E-state index contributed by atoms with van der Waals surface area (Å²) in [6.45, 7) is 4.05. The van der Waals surface area contributed by atoms with Crippen LogP contribution in [-0.4, -0.2) is 134 Å². The Bertz CT molecular complexity index is 1740. The van der Waals surface area contributed by atoms with Crippen molar-refractivity contribution in [1.82, 2.24) is 31.5 Å². The fourth-order valence-electron chi connectivity index (χ4n) is 6.23. The number of phenols is 2. The van der Waals surface area contributed by atoms with Crippen molar-refractivity contribution >= 4 is 53.2 Å². The number of aliphatic carboxylic acids is 1. The summed E-state index contributed by atoms with van der Waals surface area (Å²) >= 11 is 1.38. The Morgan fingerprint density at radius 2 is 1.26 bits per heavy atom. The molecule has 19 heteroatoms. The second-order valence-corrected chi connectivity index (χ2v) is 15.5. The van der Waals surface area contributed by atoms with Crippen molar-refractivity contribution in [2.24, 2.45) is 11.7 Å². The zero-order valence-electron chi connectivity index (χ0n) is 33.0. The Balaban J connectivity index is 1.85. The molecule has 2 aromatic rings. The van der Waals surface area contributed by atoms with Gasteiger partial charge >= 0.3 is 5.97 Å². The number of nitrogens with one attached hydrogen (secondary N) is 5. The number of nitrogens with zero attached hydrogens (tertiary/aromatic N) is 1. The average Bonchev–Trinajstić information content (AvgIpc) is 3.68. The Hall–Kier alpha value is -5.40. The van der Waals surface area contributed by atoms with E-state index in [2.05, 4.69) is 26.6 Å². The van der Waals surface area contributed by atoms with Gasteiger partial charge in [-0.1, -0.05) is 38.1 Å². The van der Waals surface area contributed by atoms with Crippen LogP contribution in [0.5, 0.6) is 11.5 Å². The van der Waals surface area contributed by atoms with Gasteiger partial charge in [0, 0.05) is 19.4 Å². The van der Waals surface area contributed by atoms with Crippen LogP contribution < -0.4 is 32.3 Å². The van der Waals surface area contributed by atoms with E-state index in [1.807, 2.05) is 0 Å². The summed E-state index contributed by atoms with van der Waals surface area (Å²) in [6.07, 6.45) is 2.36. The van der Waals surface area contributed by atoms with Crippen molar-refractivity contribution in [3.8, 4) is 11.5 Å². The number of amides is 6. The number of thioether (sulfide) groups is 1. The highest BCUT2D eigenvalue weighted by Crippen LogP contribution is 2.21. The first-order valence-electron chi connectivity index (χ1n) is 18.9. The highest BCUT2D eigenvalue weighted by molar-refractivity contribution is 7.98. The Morgan fingerprint density at radius 1 is 0.741 bits per heavy atom. The fraction of sp³-hybridized carbons (Fsp3) is 0.513. The minimum absolute atomic E-state index is 0.00293. The Kier molecular flexibility index (Phi) is 18.2. The number of carboxylic acid groups (broad SMARTS) is 1. The van der Waals surface area contributed by atoms with Gasteiger partial charge in [0.05, 0.1) is 12.6 Å². The van der Waals surface area contributed by atoms with Crippen molar-refractivity contribution in [3.05, 3.63) is 59.7 Å². The fourth-order valence-corrected chi connectivity index (χ4v) is 6.70. The van der Waals surface area contributed by atoms with E-state index < -0.39 is 96.2 Å². The third-order valence-electron chi connectivity index (χ3n) is 9.54. The number of aromatic hydroxyl groups is 2. The molecule has 0 bridgehead atoms. The van der Waals surface area contributed by atoms with E-state index >= 15 is 0 Å². The number of hydrogen-bond donors (Lipinski definition) is 10. The van der Waals surface area contributed by atoms with E-state index in [1.54, 1.807) is 44.4 Å². The summed E-state index contributed by atoms with van der Waals surface area (Å²) in [5.41, 5.74) is 6.89. The lowest BCUT2D eigenvalue weighted by Crippen LogP contribution is -2.61. The van der Waals surface area contributed by atoms with Gasteiger partial charge in [-0.25, -0.2) is 4.79 Å². The zero-order chi connectivity index (χ0) is 43.1. The molecule has 3 rings (SSSR count). The largest absolute Gasteiger partial charge is 0.508 e. The summed E-state index contributed by atoms with van der Waals surface area (Å²) in [7, 11) is 0. The van der Waals surface area contributed by atoms with Gasteiger partial charge in [-0.05, 0) is 79.5 Å². The number of likely N-dealkylation sites (tertiary alicyclic amines) is 1. The van der Waals surface area contributed by atoms with Crippen LogP contribution >= 0.6 is 11.8 Å². The molecule has 58 heavy (non-hydrogen) atoms. The van der Waals surface area contributed by atoms with Gasteiger partial charge < -0.3 is 57.6 Å². The smallest absolute Gasteiger partial charge is 0.326 e. The second kappa shape index (κ2) is 22.5. The summed E-state index contributed by atoms with van der Waals surface area (Å²) < 4.78 is 0. The monoisotopic (exact) mass is 829 g/mol. The Morgan fingerprint density at radius 3 is 1.76 bits per heavy atom. The highest BCUT2D eigenvalue weighted by atomic mass is 32.2. The molecule has 7 atom stereocenters.